The molecule has 1 amide bonds. The second-order valence-electron chi connectivity index (χ2n) is 5.94. The summed E-state index contributed by atoms with van der Waals surface area (Å²) >= 11 is 13.8. The SMILES string of the molecule is NC(=O)c1c(-c2nn3c(C(F)(F)F)cc(-c4cc(Br)cs4)nc3c2Br)ccnc1Cl. The summed E-state index contributed by atoms with van der Waals surface area (Å²) in [5, 5.41) is 5.62. The average molecular weight is 582 g/mol. The molecule has 0 saturated heterocycles. The van der Waals surface area contributed by atoms with Crippen LogP contribution < -0.4 is 5.73 Å². The molecule has 30 heavy (non-hydrogen) atoms. The number of halogens is 6. The van der Waals surface area contributed by atoms with E-state index < -0.39 is 17.8 Å². The van der Waals surface area contributed by atoms with Crippen molar-refractivity contribution < 1.29 is 18.0 Å². The Morgan fingerprint density at radius 1 is 1.27 bits per heavy atom. The molecule has 0 aromatic carbocycles. The second-order valence-corrected chi connectivity index (χ2v) is 8.92. The van der Waals surface area contributed by atoms with Crippen molar-refractivity contribution >= 4 is 66.4 Å². The normalized spacial score (nSPS) is 11.9. The topological polar surface area (TPSA) is 86.2 Å². The minimum Gasteiger partial charge on any atom is -0.365 e. The van der Waals surface area contributed by atoms with Gasteiger partial charge in [-0.3, -0.25) is 4.79 Å². The summed E-state index contributed by atoms with van der Waals surface area (Å²) in [6.07, 6.45) is -3.41. The fraction of sp³-hybridized carbons (Fsp3) is 0.0588. The molecule has 4 aromatic heterocycles. The summed E-state index contributed by atoms with van der Waals surface area (Å²) in [5.41, 5.74) is 4.41. The molecule has 0 fully saturated rings. The van der Waals surface area contributed by atoms with Crippen LogP contribution in [0.25, 0.3) is 27.5 Å². The monoisotopic (exact) mass is 579 g/mol. The summed E-state index contributed by atoms with van der Waals surface area (Å²) in [6.45, 7) is 0. The Labute approximate surface area is 192 Å². The van der Waals surface area contributed by atoms with Crippen molar-refractivity contribution in [1.29, 1.82) is 0 Å². The fourth-order valence-corrected chi connectivity index (χ4v) is 5.00. The minimum atomic E-state index is -4.71. The molecule has 13 heteroatoms. The van der Waals surface area contributed by atoms with Gasteiger partial charge >= 0.3 is 6.18 Å². The zero-order chi connectivity index (χ0) is 21.8. The van der Waals surface area contributed by atoms with E-state index >= 15 is 0 Å². The zero-order valence-electron chi connectivity index (χ0n) is 14.3. The molecule has 0 bridgehead atoms. The van der Waals surface area contributed by atoms with E-state index in [4.69, 9.17) is 17.3 Å². The van der Waals surface area contributed by atoms with E-state index in [1.165, 1.54) is 23.6 Å². The molecule has 4 rings (SSSR count). The average Bonchev–Trinajstić information content (AvgIpc) is 3.23. The van der Waals surface area contributed by atoms with Gasteiger partial charge in [-0.2, -0.15) is 18.3 Å². The van der Waals surface area contributed by atoms with Gasteiger partial charge in [0.2, 0.25) is 0 Å². The van der Waals surface area contributed by atoms with Crippen LogP contribution >= 0.6 is 54.8 Å². The third kappa shape index (κ3) is 3.61. The lowest BCUT2D eigenvalue weighted by Crippen LogP contribution is -2.14. The molecule has 0 unspecified atom stereocenters. The maximum Gasteiger partial charge on any atom is 0.433 e. The summed E-state index contributed by atoms with van der Waals surface area (Å²) < 4.78 is 43.0. The van der Waals surface area contributed by atoms with Crippen LogP contribution in [0.5, 0.6) is 0 Å². The predicted octanol–water partition coefficient (Wildman–Crippen LogP) is 5.82. The lowest BCUT2D eigenvalue weighted by molar-refractivity contribution is -0.142. The Balaban J connectivity index is 2.06. The Bertz CT molecular complexity index is 1320. The number of carbonyl (C=O) groups excluding carboxylic acids is 1. The van der Waals surface area contributed by atoms with Gasteiger partial charge in [0.05, 0.1) is 20.6 Å². The van der Waals surface area contributed by atoms with Crippen molar-refractivity contribution in [3.63, 3.8) is 0 Å². The molecule has 4 heterocycles. The van der Waals surface area contributed by atoms with Crippen molar-refractivity contribution in [2.75, 3.05) is 0 Å². The van der Waals surface area contributed by atoms with E-state index in [1.54, 1.807) is 11.4 Å². The highest BCUT2D eigenvalue weighted by atomic mass is 79.9. The van der Waals surface area contributed by atoms with E-state index in [1.807, 2.05) is 0 Å². The lowest BCUT2D eigenvalue weighted by atomic mass is 10.1. The first-order valence-corrected chi connectivity index (χ1v) is 10.8. The molecule has 0 spiro atoms. The van der Waals surface area contributed by atoms with Crippen molar-refractivity contribution in [2.45, 2.75) is 6.18 Å². The van der Waals surface area contributed by atoms with Crippen molar-refractivity contribution in [3.05, 3.63) is 55.1 Å². The van der Waals surface area contributed by atoms with Gasteiger partial charge in [0, 0.05) is 21.6 Å². The largest absolute Gasteiger partial charge is 0.433 e. The molecule has 0 aliphatic carbocycles. The number of rotatable bonds is 3. The number of amides is 1. The number of thiophene rings is 1. The highest BCUT2D eigenvalue weighted by Gasteiger charge is 2.36. The number of hydrogen-bond donors (Lipinski definition) is 1. The van der Waals surface area contributed by atoms with Crippen LogP contribution in [0.15, 0.2) is 38.7 Å². The van der Waals surface area contributed by atoms with Crippen molar-refractivity contribution in [1.82, 2.24) is 19.6 Å². The number of hydrogen-bond acceptors (Lipinski definition) is 5. The third-order valence-electron chi connectivity index (χ3n) is 4.05. The molecule has 0 aliphatic heterocycles. The van der Waals surface area contributed by atoms with Crippen LogP contribution in [0.1, 0.15) is 16.1 Å². The second kappa shape index (κ2) is 7.59. The number of nitrogens with zero attached hydrogens (tertiary/aromatic N) is 4. The number of aromatic nitrogens is 4. The summed E-state index contributed by atoms with van der Waals surface area (Å²) in [4.78, 5) is 20.5. The Hall–Kier alpha value is -2.02. The molecule has 6 nitrogen and oxygen atoms in total. The highest BCUT2D eigenvalue weighted by molar-refractivity contribution is 9.11. The van der Waals surface area contributed by atoms with Gasteiger partial charge in [-0.1, -0.05) is 11.6 Å². The predicted molar refractivity (Wildman–Crippen MR) is 113 cm³/mol. The van der Waals surface area contributed by atoms with Crippen LogP contribution in [-0.4, -0.2) is 25.5 Å². The molecule has 0 saturated carbocycles. The van der Waals surface area contributed by atoms with Gasteiger partial charge in [-0.15, -0.1) is 11.3 Å². The summed E-state index contributed by atoms with van der Waals surface area (Å²) in [5.74, 6) is -0.889. The molecular weight excluding hydrogens is 575 g/mol. The van der Waals surface area contributed by atoms with Crippen LogP contribution in [-0.2, 0) is 6.18 Å². The molecule has 4 aromatic rings. The van der Waals surface area contributed by atoms with E-state index in [2.05, 4.69) is 46.9 Å². The standard InChI is InChI=1S/C17H7Br2ClF3N5OS/c18-6-3-9(30-5-6)8-4-10(17(21,22)23)28-16(26-8)12(19)13(27-28)7-1-2-25-14(20)11(7)15(24)29/h1-5H,(H2,24,29). The third-order valence-corrected chi connectivity index (χ3v) is 6.78. The number of carbonyl (C=O) groups is 1. The van der Waals surface area contributed by atoms with Gasteiger partial charge in [0.25, 0.3) is 5.91 Å². The number of primary amides is 1. The van der Waals surface area contributed by atoms with E-state index in [-0.39, 0.29) is 37.8 Å². The zero-order valence-corrected chi connectivity index (χ0v) is 19.1. The first-order valence-electron chi connectivity index (χ1n) is 7.93. The quantitative estimate of drug-likeness (QED) is 0.309. The van der Waals surface area contributed by atoms with Crippen molar-refractivity contribution in [3.8, 4) is 21.8 Å². The molecule has 0 atom stereocenters. The Kier molecular flexibility index (Phi) is 5.37. The minimum absolute atomic E-state index is 0.0237. The van der Waals surface area contributed by atoms with Crippen LogP contribution in [0, 0.1) is 0 Å². The van der Waals surface area contributed by atoms with E-state index in [9.17, 15) is 18.0 Å². The molecule has 0 aliphatic rings. The number of pyridine rings is 1. The number of alkyl halides is 3. The fourth-order valence-electron chi connectivity index (χ4n) is 2.81. The van der Waals surface area contributed by atoms with Gasteiger partial charge in [0.1, 0.15) is 10.8 Å². The van der Waals surface area contributed by atoms with Gasteiger partial charge in [-0.05, 0) is 50.1 Å². The smallest absolute Gasteiger partial charge is 0.365 e. The van der Waals surface area contributed by atoms with Gasteiger partial charge in [-0.25, -0.2) is 14.5 Å². The van der Waals surface area contributed by atoms with Crippen LogP contribution in [0.3, 0.4) is 0 Å². The van der Waals surface area contributed by atoms with E-state index in [0.717, 1.165) is 10.5 Å². The summed E-state index contributed by atoms with van der Waals surface area (Å²) in [6, 6.07) is 3.98. The molecule has 154 valence electrons. The molecule has 2 N–H and O–H groups in total. The molecular formula is C17H7Br2ClF3N5OS. The first kappa shape index (κ1) is 21.2. The lowest BCUT2D eigenvalue weighted by Gasteiger charge is -2.10. The van der Waals surface area contributed by atoms with Crippen LogP contribution in [0.2, 0.25) is 5.15 Å². The number of fused-ring (bicyclic) bond motifs is 1. The Morgan fingerprint density at radius 3 is 2.60 bits per heavy atom. The first-order chi connectivity index (χ1) is 14.1. The maximum absolute atomic E-state index is 13.8. The van der Waals surface area contributed by atoms with Crippen molar-refractivity contribution in [2.24, 2.45) is 5.73 Å². The van der Waals surface area contributed by atoms with Crippen LogP contribution in [0.4, 0.5) is 13.2 Å². The van der Waals surface area contributed by atoms with Gasteiger partial charge < -0.3 is 5.73 Å². The maximum atomic E-state index is 13.8. The van der Waals surface area contributed by atoms with Gasteiger partial charge in [0.15, 0.2) is 11.3 Å². The number of nitrogens with two attached hydrogens (primary N) is 1. The summed E-state index contributed by atoms with van der Waals surface area (Å²) in [7, 11) is 0. The van der Waals surface area contributed by atoms with E-state index in [0.29, 0.717) is 9.39 Å². The highest BCUT2D eigenvalue weighted by Crippen LogP contribution is 2.39. The molecule has 0 radical (unpaired) electrons. The Morgan fingerprint density at radius 2 is 2.00 bits per heavy atom.